The number of benzene rings is 1. The first-order valence-electron chi connectivity index (χ1n) is 9.29. The molecule has 0 bridgehead atoms. The summed E-state index contributed by atoms with van der Waals surface area (Å²) in [5, 5.41) is 0.969. The number of nitrogens with one attached hydrogen (secondary N) is 1. The molecule has 0 spiro atoms. The topological polar surface area (TPSA) is 69.5 Å². The van der Waals surface area contributed by atoms with Gasteiger partial charge in [0.25, 0.3) is 5.56 Å². The van der Waals surface area contributed by atoms with Crippen molar-refractivity contribution >= 4 is 16.9 Å². The molecule has 140 valence electrons. The summed E-state index contributed by atoms with van der Waals surface area (Å²) in [4.78, 5) is 32.0. The average Bonchev–Trinajstić information content (AvgIpc) is 3.35. The van der Waals surface area contributed by atoms with Crippen LogP contribution >= 0.6 is 0 Å². The number of nitrogens with zero attached hydrogens (tertiary/aromatic N) is 2. The average molecular weight is 365 g/mol. The second-order valence-corrected chi connectivity index (χ2v) is 7.13. The van der Waals surface area contributed by atoms with Crippen molar-refractivity contribution in [2.75, 3.05) is 13.1 Å². The molecule has 6 nitrogen and oxygen atoms in total. The highest BCUT2D eigenvalue weighted by atomic mass is 16.3. The number of carbonyl (C=O) groups excluding carboxylic acids is 1. The fraction of sp³-hybridized carbons (Fsp3) is 0.333. The number of amides is 2. The lowest BCUT2D eigenvalue weighted by molar-refractivity contribution is 0.152. The van der Waals surface area contributed by atoms with Crippen molar-refractivity contribution < 1.29 is 9.21 Å². The smallest absolute Gasteiger partial charge is 0.320 e. The Bertz CT molecular complexity index is 1000. The number of fused-ring (bicyclic) bond motifs is 1. The fourth-order valence-corrected chi connectivity index (χ4v) is 3.58. The van der Waals surface area contributed by atoms with Gasteiger partial charge in [0.15, 0.2) is 0 Å². The highest BCUT2D eigenvalue weighted by Crippen LogP contribution is 2.18. The van der Waals surface area contributed by atoms with Crippen molar-refractivity contribution in [1.82, 2.24) is 14.8 Å². The van der Waals surface area contributed by atoms with E-state index in [0.717, 1.165) is 42.4 Å². The minimum atomic E-state index is -0.162. The molecule has 0 unspecified atom stereocenters. The van der Waals surface area contributed by atoms with Gasteiger partial charge in [0, 0.05) is 24.2 Å². The number of rotatable bonds is 4. The van der Waals surface area contributed by atoms with Crippen molar-refractivity contribution in [3.05, 3.63) is 69.9 Å². The number of H-pyrrole nitrogens is 1. The van der Waals surface area contributed by atoms with Gasteiger partial charge in [-0.05, 0) is 55.5 Å². The molecule has 1 fully saturated rings. The van der Waals surface area contributed by atoms with Crippen LogP contribution in [0.3, 0.4) is 0 Å². The molecule has 2 amide bonds. The summed E-state index contributed by atoms with van der Waals surface area (Å²) in [5.41, 5.74) is 2.34. The molecular formula is C21H23N3O3. The molecule has 1 aromatic carbocycles. The second-order valence-electron chi connectivity index (χ2n) is 7.13. The Kier molecular flexibility index (Phi) is 4.71. The molecule has 1 aliphatic rings. The van der Waals surface area contributed by atoms with Gasteiger partial charge in [0.2, 0.25) is 0 Å². The Morgan fingerprint density at radius 3 is 2.74 bits per heavy atom. The maximum absolute atomic E-state index is 13.0. The lowest BCUT2D eigenvalue weighted by Gasteiger charge is -2.27. The number of hydrogen-bond acceptors (Lipinski definition) is 3. The molecular weight excluding hydrogens is 342 g/mol. The third-order valence-electron chi connectivity index (χ3n) is 5.01. The third kappa shape index (κ3) is 3.74. The zero-order valence-corrected chi connectivity index (χ0v) is 15.4. The zero-order valence-electron chi connectivity index (χ0n) is 15.4. The first-order chi connectivity index (χ1) is 13.1. The van der Waals surface area contributed by atoms with Gasteiger partial charge in [0.1, 0.15) is 5.76 Å². The van der Waals surface area contributed by atoms with E-state index in [1.165, 1.54) is 0 Å². The van der Waals surface area contributed by atoms with Gasteiger partial charge >= 0.3 is 6.03 Å². The predicted molar refractivity (Wildman–Crippen MR) is 103 cm³/mol. The maximum atomic E-state index is 13.0. The van der Waals surface area contributed by atoms with E-state index in [0.29, 0.717) is 17.9 Å². The number of likely N-dealkylation sites (tertiary alicyclic amines) is 1. The highest BCUT2D eigenvalue weighted by Gasteiger charge is 2.25. The van der Waals surface area contributed by atoms with Crippen LogP contribution in [0.5, 0.6) is 0 Å². The van der Waals surface area contributed by atoms with Crippen LogP contribution in [0.4, 0.5) is 4.79 Å². The van der Waals surface area contributed by atoms with Gasteiger partial charge < -0.3 is 19.2 Å². The van der Waals surface area contributed by atoms with Crippen LogP contribution in [0, 0.1) is 6.92 Å². The molecule has 0 radical (unpaired) electrons. The van der Waals surface area contributed by atoms with Crippen LogP contribution in [-0.2, 0) is 13.1 Å². The number of urea groups is 1. The number of furan rings is 1. The minimum Gasteiger partial charge on any atom is -0.467 e. The highest BCUT2D eigenvalue weighted by molar-refractivity contribution is 5.80. The van der Waals surface area contributed by atoms with Crippen LogP contribution < -0.4 is 5.56 Å². The van der Waals surface area contributed by atoms with Crippen molar-refractivity contribution in [2.24, 2.45) is 0 Å². The van der Waals surface area contributed by atoms with E-state index < -0.39 is 0 Å². The second kappa shape index (κ2) is 7.31. The molecule has 1 aliphatic heterocycles. The predicted octanol–water partition coefficient (Wildman–Crippen LogP) is 3.65. The monoisotopic (exact) mass is 365 g/mol. The molecule has 0 atom stereocenters. The quantitative estimate of drug-likeness (QED) is 0.767. The SMILES string of the molecule is Cc1ccc2[nH]c(=O)c(CN(Cc3ccco3)C(=O)N3CCCC3)cc2c1. The largest absolute Gasteiger partial charge is 0.467 e. The van der Waals surface area contributed by atoms with E-state index in [2.05, 4.69) is 4.98 Å². The first-order valence-corrected chi connectivity index (χ1v) is 9.29. The van der Waals surface area contributed by atoms with E-state index in [-0.39, 0.29) is 18.1 Å². The normalized spacial score (nSPS) is 14.0. The summed E-state index contributed by atoms with van der Waals surface area (Å²) in [5.74, 6) is 0.704. The van der Waals surface area contributed by atoms with Crippen LogP contribution in [0.15, 0.2) is 51.9 Å². The van der Waals surface area contributed by atoms with Crippen LogP contribution in [0.25, 0.3) is 10.9 Å². The van der Waals surface area contributed by atoms with Crippen molar-refractivity contribution in [2.45, 2.75) is 32.9 Å². The molecule has 2 aromatic heterocycles. The third-order valence-corrected chi connectivity index (χ3v) is 5.01. The summed E-state index contributed by atoms with van der Waals surface area (Å²) >= 11 is 0. The summed E-state index contributed by atoms with van der Waals surface area (Å²) in [6, 6.07) is 11.4. The van der Waals surface area contributed by atoms with Crippen molar-refractivity contribution in [3.63, 3.8) is 0 Å². The maximum Gasteiger partial charge on any atom is 0.320 e. The first kappa shape index (κ1) is 17.4. The molecule has 0 saturated carbocycles. The number of carbonyl (C=O) groups is 1. The fourth-order valence-electron chi connectivity index (χ4n) is 3.58. The summed E-state index contributed by atoms with van der Waals surface area (Å²) in [7, 11) is 0. The van der Waals surface area contributed by atoms with E-state index in [1.807, 2.05) is 42.2 Å². The van der Waals surface area contributed by atoms with Crippen LogP contribution in [0.1, 0.15) is 29.7 Å². The van der Waals surface area contributed by atoms with Gasteiger partial charge in [-0.15, -0.1) is 0 Å². The number of pyridine rings is 1. The molecule has 6 heteroatoms. The number of hydrogen-bond donors (Lipinski definition) is 1. The van der Waals surface area contributed by atoms with Crippen molar-refractivity contribution in [3.8, 4) is 0 Å². The number of aromatic nitrogens is 1. The lowest BCUT2D eigenvalue weighted by Crippen LogP contribution is -2.41. The van der Waals surface area contributed by atoms with Crippen molar-refractivity contribution in [1.29, 1.82) is 0 Å². The lowest BCUT2D eigenvalue weighted by atomic mass is 10.1. The Labute approximate surface area is 157 Å². The molecule has 27 heavy (non-hydrogen) atoms. The summed E-state index contributed by atoms with van der Waals surface area (Å²) in [6.45, 7) is 4.13. The molecule has 1 saturated heterocycles. The van der Waals surface area contributed by atoms with E-state index in [1.54, 1.807) is 17.2 Å². The van der Waals surface area contributed by atoms with Gasteiger partial charge in [-0.1, -0.05) is 11.6 Å². The van der Waals surface area contributed by atoms with E-state index >= 15 is 0 Å². The van der Waals surface area contributed by atoms with Crippen LogP contribution in [0.2, 0.25) is 0 Å². The van der Waals surface area contributed by atoms with E-state index in [9.17, 15) is 9.59 Å². The number of aromatic amines is 1. The molecule has 3 aromatic rings. The van der Waals surface area contributed by atoms with Gasteiger partial charge in [-0.3, -0.25) is 4.79 Å². The Morgan fingerprint density at radius 1 is 1.19 bits per heavy atom. The zero-order chi connectivity index (χ0) is 18.8. The van der Waals surface area contributed by atoms with Crippen LogP contribution in [-0.4, -0.2) is 33.9 Å². The Hall–Kier alpha value is -3.02. The summed E-state index contributed by atoms with van der Waals surface area (Å²) in [6.07, 6.45) is 3.64. The number of aryl methyl sites for hydroxylation is 1. The van der Waals surface area contributed by atoms with E-state index in [4.69, 9.17) is 4.42 Å². The van der Waals surface area contributed by atoms with Gasteiger partial charge in [-0.2, -0.15) is 0 Å². The summed E-state index contributed by atoms with van der Waals surface area (Å²) < 4.78 is 5.43. The standard InChI is InChI=1S/C21H23N3O3/c1-15-6-7-19-16(11-15)12-17(20(25)22-19)13-24(14-18-5-4-10-27-18)21(26)23-8-2-3-9-23/h4-7,10-12H,2-3,8-9,13-14H2,1H3,(H,22,25). The molecule has 0 aliphatic carbocycles. The molecule has 3 heterocycles. The van der Waals surface area contributed by atoms with Gasteiger partial charge in [0.05, 0.1) is 19.4 Å². The molecule has 4 rings (SSSR count). The minimum absolute atomic E-state index is 0.0485. The van der Waals surface area contributed by atoms with Gasteiger partial charge in [-0.25, -0.2) is 4.79 Å². The Balaban J connectivity index is 1.65. The Morgan fingerprint density at radius 2 is 2.00 bits per heavy atom. The molecule has 1 N–H and O–H groups in total.